The van der Waals surface area contributed by atoms with Crippen molar-refractivity contribution >= 4 is 5.71 Å². The van der Waals surface area contributed by atoms with Crippen LogP contribution < -0.4 is 0 Å². The molecule has 102 valence electrons. The molecular formula is C13H19N5O. The third-order valence-corrected chi connectivity index (χ3v) is 2.16. The monoisotopic (exact) mass is 261 g/mol. The number of aromatic nitrogens is 4. The molecule has 19 heavy (non-hydrogen) atoms. The van der Waals surface area contributed by atoms with Gasteiger partial charge in [-0.25, -0.2) is 4.68 Å². The zero-order chi connectivity index (χ0) is 14.1. The Morgan fingerprint density at radius 2 is 1.95 bits per heavy atom. The van der Waals surface area contributed by atoms with Gasteiger partial charge < -0.3 is 4.84 Å². The van der Waals surface area contributed by atoms with Crippen molar-refractivity contribution in [2.24, 2.45) is 12.2 Å². The normalized spacial score (nSPS) is 10.6. The van der Waals surface area contributed by atoms with Gasteiger partial charge in [-0.05, 0) is 17.4 Å². The van der Waals surface area contributed by atoms with Crippen LogP contribution in [0.2, 0.25) is 0 Å². The van der Waals surface area contributed by atoms with Crippen molar-refractivity contribution in [1.82, 2.24) is 20.2 Å². The quantitative estimate of drug-likeness (QED) is 0.624. The van der Waals surface area contributed by atoms with Gasteiger partial charge >= 0.3 is 0 Å². The predicted octanol–water partition coefficient (Wildman–Crippen LogP) is 2.03. The smallest absolute Gasteiger partial charge is 0.204 e. The largest absolute Gasteiger partial charge is 0.396 e. The highest BCUT2D eigenvalue weighted by atomic mass is 16.6. The van der Waals surface area contributed by atoms with Gasteiger partial charge in [0.2, 0.25) is 5.82 Å². The van der Waals surface area contributed by atoms with E-state index in [2.05, 4.69) is 20.7 Å². The summed E-state index contributed by atoms with van der Waals surface area (Å²) in [5.41, 5.74) is 1.54. The summed E-state index contributed by atoms with van der Waals surface area (Å²) in [4.78, 5) is 5.11. The Morgan fingerprint density at radius 1 is 1.26 bits per heavy atom. The van der Waals surface area contributed by atoms with E-state index in [9.17, 15) is 0 Å². The van der Waals surface area contributed by atoms with Gasteiger partial charge in [0.05, 0.1) is 0 Å². The molecule has 0 saturated heterocycles. The van der Waals surface area contributed by atoms with Crippen LogP contribution in [-0.4, -0.2) is 32.5 Å². The van der Waals surface area contributed by atoms with Gasteiger partial charge in [0.1, 0.15) is 6.61 Å². The van der Waals surface area contributed by atoms with Gasteiger partial charge in [0, 0.05) is 12.6 Å². The third kappa shape index (κ3) is 3.87. The fourth-order valence-corrected chi connectivity index (χ4v) is 1.38. The van der Waals surface area contributed by atoms with Crippen LogP contribution >= 0.6 is 0 Å². The molecule has 0 radical (unpaired) electrons. The number of hydrogen-bond donors (Lipinski definition) is 0. The summed E-state index contributed by atoms with van der Waals surface area (Å²) in [6.07, 6.45) is 0. The van der Waals surface area contributed by atoms with Crippen LogP contribution in [-0.2, 0) is 11.9 Å². The molecule has 0 bridgehead atoms. The van der Waals surface area contributed by atoms with Gasteiger partial charge in [0.15, 0.2) is 5.71 Å². The molecule has 0 N–H and O–H groups in total. The lowest BCUT2D eigenvalue weighted by atomic mass is 10.1. The number of aryl methyl sites for hydroxylation is 1. The van der Waals surface area contributed by atoms with Gasteiger partial charge in [-0.3, -0.25) is 0 Å². The van der Waals surface area contributed by atoms with E-state index < -0.39 is 0 Å². The predicted molar refractivity (Wildman–Crippen MR) is 73.9 cm³/mol. The highest BCUT2D eigenvalue weighted by Gasteiger charge is 2.14. The first kappa shape index (κ1) is 14.8. The Labute approximate surface area is 113 Å². The average Bonchev–Trinajstić information content (AvgIpc) is 2.89. The highest BCUT2D eigenvalue weighted by Crippen LogP contribution is 2.07. The SMILES string of the molecule is CC.CCON=C(c1ccccc1)c1nnnn1C. The maximum Gasteiger partial charge on any atom is 0.204 e. The van der Waals surface area contributed by atoms with Crippen LogP contribution in [0.4, 0.5) is 0 Å². The van der Waals surface area contributed by atoms with Crippen molar-refractivity contribution in [2.45, 2.75) is 20.8 Å². The molecule has 0 unspecified atom stereocenters. The zero-order valence-electron chi connectivity index (χ0n) is 11.7. The van der Waals surface area contributed by atoms with E-state index in [-0.39, 0.29) is 0 Å². The van der Waals surface area contributed by atoms with Crippen LogP contribution in [0.15, 0.2) is 35.5 Å². The standard InChI is InChI=1S/C11H13N5O.C2H6/c1-3-17-13-10(9-7-5-4-6-8-9)11-12-14-15-16(11)2;1-2/h4-8H,3H2,1-2H3;1-2H3. The number of oxime groups is 1. The number of benzene rings is 1. The van der Waals surface area contributed by atoms with Crippen molar-refractivity contribution in [3.05, 3.63) is 41.7 Å². The summed E-state index contributed by atoms with van der Waals surface area (Å²) in [5, 5.41) is 15.4. The fourth-order valence-electron chi connectivity index (χ4n) is 1.38. The lowest BCUT2D eigenvalue weighted by Gasteiger charge is -2.04. The molecule has 0 aliphatic carbocycles. The zero-order valence-corrected chi connectivity index (χ0v) is 11.7. The molecule has 0 atom stereocenters. The minimum atomic E-state index is 0.502. The van der Waals surface area contributed by atoms with Crippen molar-refractivity contribution in [3.8, 4) is 0 Å². The molecule has 0 saturated carbocycles. The third-order valence-electron chi connectivity index (χ3n) is 2.16. The van der Waals surface area contributed by atoms with E-state index in [1.165, 1.54) is 0 Å². The molecule has 6 nitrogen and oxygen atoms in total. The summed E-state index contributed by atoms with van der Waals surface area (Å²) in [6.45, 7) is 6.38. The van der Waals surface area contributed by atoms with E-state index in [0.29, 0.717) is 18.1 Å². The molecule has 2 aromatic rings. The van der Waals surface area contributed by atoms with E-state index >= 15 is 0 Å². The maximum atomic E-state index is 5.11. The molecule has 0 aliphatic rings. The first-order chi connectivity index (χ1) is 9.33. The van der Waals surface area contributed by atoms with Crippen molar-refractivity contribution in [2.75, 3.05) is 6.61 Å². The van der Waals surface area contributed by atoms with Crippen molar-refractivity contribution in [3.63, 3.8) is 0 Å². The van der Waals surface area contributed by atoms with E-state index in [1.807, 2.05) is 51.1 Å². The first-order valence-electron chi connectivity index (χ1n) is 6.31. The minimum absolute atomic E-state index is 0.502. The Hall–Kier alpha value is -2.24. The van der Waals surface area contributed by atoms with Crippen LogP contribution in [0.3, 0.4) is 0 Å². The van der Waals surface area contributed by atoms with Crippen LogP contribution in [0.25, 0.3) is 0 Å². The molecule has 2 rings (SSSR count). The van der Waals surface area contributed by atoms with Gasteiger partial charge in [-0.1, -0.05) is 49.3 Å². The first-order valence-corrected chi connectivity index (χ1v) is 6.31. The second-order valence-electron chi connectivity index (χ2n) is 3.35. The molecule has 1 aromatic carbocycles. The van der Waals surface area contributed by atoms with E-state index in [1.54, 1.807) is 11.7 Å². The number of rotatable bonds is 4. The Kier molecular flexibility index (Phi) is 6.21. The van der Waals surface area contributed by atoms with E-state index in [0.717, 1.165) is 5.56 Å². The minimum Gasteiger partial charge on any atom is -0.396 e. The number of tetrazole rings is 1. The van der Waals surface area contributed by atoms with Gasteiger partial charge in [0.25, 0.3) is 0 Å². The van der Waals surface area contributed by atoms with Gasteiger partial charge in [-0.2, -0.15) is 0 Å². The summed E-state index contributed by atoms with van der Waals surface area (Å²) >= 11 is 0. The van der Waals surface area contributed by atoms with Crippen molar-refractivity contribution in [1.29, 1.82) is 0 Å². The number of nitrogens with zero attached hydrogens (tertiary/aromatic N) is 5. The molecule has 0 spiro atoms. The molecular weight excluding hydrogens is 242 g/mol. The Bertz CT molecular complexity index is 507. The summed E-state index contributed by atoms with van der Waals surface area (Å²) in [6, 6.07) is 9.68. The van der Waals surface area contributed by atoms with E-state index in [4.69, 9.17) is 4.84 Å². The number of hydrogen-bond acceptors (Lipinski definition) is 5. The maximum absolute atomic E-state index is 5.11. The lowest BCUT2D eigenvalue weighted by Crippen LogP contribution is -2.11. The molecule has 0 fully saturated rings. The molecule has 0 aliphatic heterocycles. The summed E-state index contributed by atoms with van der Waals surface area (Å²) in [5.74, 6) is 0.574. The Morgan fingerprint density at radius 3 is 2.47 bits per heavy atom. The van der Waals surface area contributed by atoms with Crippen LogP contribution in [0, 0.1) is 0 Å². The second kappa shape index (κ2) is 7.97. The van der Waals surface area contributed by atoms with Crippen molar-refractivity contribution < 1.29 is 4.84 Å². The summed E-state index contributed by atoms with van der Waals surface area (Å²) in [7, 11) is 1.76. The Balaban J connectivity index is 0.000000861. The molecule has 0 amide bonds. The molecule has 1 heterocycles. The second-order valence-corrected chi connectivity index (χ2v) is 3.35. The molecule has 1 aromatic heterocycles. The topological polar surface area (TPSA) is 65.2 Å². The summed E-state index contributed by atoms with van der Waals surface area (Å²) < 4.78 is 1.56. The molecule has 6 heteroatoms. The lowest BCUT2D eigenvalue weighted by molar-refractivity contribution is 0.159. The van der Waals surface area contributed by atoms with Crippen LogP contribution in [0.5, 0.6) is 0 Å². The highest BCUT2D eigenvalue weighted by molar-refractivity contribution is 6.10. The van der Waals surface area contributed by atoms with Crippen LogP contribution in [0.1, 0.15) is 32.2 Å². The van der Waals surface area contributed by atoms with Gasteiger partial charge in [-0.15, -0.1) is 5.10 Å². The fraction of sp³-hybridized carbons (Fsp3) is 0.385. The average molecular weight is 261 g/mol.